The van der Waals surface area contributed by atoms with Crippen LogP contribution in [0.3, 0.4) is 0 Å². The Morgan fingerprint density at radius 3 is 2.23 bits per heavy atom. The fraction of sp³-hybridized carbons (Fsp3) is 0.310. The van der Waals surface area contributed by atoms with Crippen LogP contribution in [0.15, 0.2) is 77.7 Å². The van der Waals surface area contributed by atoms with Crippen LogP contribution in [0.5, 0.6) is 5.75 Å². The third kappa shape index (κ3) is 7.35. The van der Waals surface area contributed by atoms with Crippen molar-refractivity contribution >= 4 is 27.5 Å². The van der Waals surface area contributed by atoms with E-state index in [1.807, 2.05) is 13.8 Å². The van der Waals surface area contributed by atoms with Crippen LogP contribution in [-0.2, 0) is 26.2 Å². The molecule has 0 aliphatic carbocycles. The maximum Gasteiger partial charge on any atom is 0.264 e. The van der Waals surface area contributed by atoms with Gasteiger partial charge in [0.15, 0.2) is 0 Å². The van der Waals surface area contributed by atoms with Gasteiger partial charge in [-0.05, 0) is 62.7 Å². The van der Waals surface area contributed by atoms with Crippen LogP contribution in [0.1, 0.15) is 31.4 Å². The minimum absolute atomic E-state index is 0.00566. The molecule has 0 saturated heterocycles. The van der Waals surface area contributed by atoms with Crippen LogP contribution in [-0.4, -0.2) is 51.4 Å². The third-order valence-electron chi connectivity index (χ3n) is 6.26. The normalized spacial score (nSPS) is 11.9. The zero-order valence-electron chi connectivity index (χ0n) is 22.6. The molecule has 3 aromatic rings. The van der Waals surface area contributed by atoms with E-state index in [1.165, 1.54) is 61.4 Å². The largest absolute Gasteiger partial charge is 0.497 e. The van der Waals surface area contributed by atoms with Gasteiger partial charge in [0.1, 0.15) is 24.2 Å². The number of aryl methyl sites for hydroxylation is 1. The zero-order chi connectivity index (χ0) is 28.6. The summed E-state index contributed by atoms with van der Waals surface area (Å²) in [6, 6.07) is 17.5. The first-order valence-electron chi connectivity index (χ1n) is 12.6. The standard InChI is InChI=1S/C29H34FN3O5S/c1-5-18-31-29(35)22(3)32(19-23-8-6-7-9-27(23)30)28(34)20-33(24-12-14-25(38-4)15-13-24)39(36,37)26-16-10-21(2)11-17-26/h6-17,22H,5,18-20H2,1-4H3,(H,31,35)/t22-/m0/s1. The molecule has 208 valence electrons. The Kier molecular flexibility index (Phi) is 10.1. The quantitative estimate of drug-likeness (QED) is 0.360. The molecule has 0 aliphatic rings. The number of anilines is 1. The number of sulfonamides is 1. The van der Waals surface area contributed by atoms with Gasteiger partial charge in [0, 0.05) is 18.7 Å². The van der Waals surface area contributed by atoms with E-state index in [4.69, 9.17) is 4.74 Å². The Balaban J connectivity index is 2.03. The van der Waals surface area contributed by atoms with E-state index in [0.29, 0.717) is 18.7 Å². The Morgan fingerprint density at radius 2 is 1.64 bits per heavy atom. The van der Waals surface area contributed by atoms with Crippen LogP contribution < -0.4 is 14.4 Å². The minimum atomic E-state index is -4.19. The van der Waals surface area contributed by atoms with Crippen molar-refractivity contribution in [3.05, 3.63) is 89.7 Å². The molecule has 39 heavy (non-hydrogen) atoms. The molecule has 3 rings (SSSR count). The van der Waals surface area contributed by atoms with E-state index < -0.39 is 40.2 Å². The molecule has 0 heterocycles. The van der Waals surface area contributed by atoms with Crippen molar-refractivity contribution in [3.8, 4) is 5.75 Å². The highest BCUT2D eigenvalue weighted by molar-refractivity contribution is 7.92. The molecule has 0 spiro atoms. The van der Waals surface area contributed by atoms with Crippen LogP contribution in [0.25, 0.3) is 0 Å². The Hall–Kier alpha value is -3.92. The highest BCUT2D eigenvalue weighted by atomic mass is 32.2. The lowest BCUT2D eigenvalue weighted by Crippen LogP contribution is -2.51. The highest BCUT2D eigenvalue weighted by Crippen LogP contribution is 2.27. The first-order valence-corrected chi connectivity index (χ1v) is 14.1. The summed E-state index contributed by atoms with van der Waals surface area (Å²) in [7, 11) is -2.70. The Bertz CT molecular complexity index is 1380. The van der Waals surface area contributed by atoms with Crippen molar-refractivity contribution in [3.63, 3.8) is 0 Å². The third-order valence-corrected chi connectivity index (χ3v) is 8.05. The van der Waals surface area contributed by atoms with Crippen LogP contribution in [0.2, 0.25) is 0 Å². The Morgan fingerprint density at radius 1 is 1.00 bits per heavy atom. The van der Waals surface area contributed by atoms with E-state index in [-0.39, 0.29) is 22.7 Å². The molecule has 10 heteroatoms. The number of benzene rings is 3. The molecule has 1 atom stereocenters. The van der Waals surface area contributed by atoms with Gasteiger partial charge in [-0.3, -0.25) is 13.9 Å². The summed E-state index contributed by atoms with van der Waals surface area (Å²) >= 11 is 0. The lowest BCUT2D eigenvalue weighted by Gasteiger charge is -2.32. The van der Waals surface area contributed by atoms with Crippen molar-refractivity contribution in [2.45, 2.75) is 44.7 Å². The van der Waals surface area contributed by atoms with Crippen molar-refractivity contribution < 1.29 is 27.1 Å². The number of hydrogen-bond donors (Lipinski definition) is 1. The first kappa shape index (κ1) is 29.6. The molecule has 1 N–H and O–H groups in total. The van der Waals surface area contributed by atoms with Gasteiger partial charge in [0.2, 0.25) is 11.8 Å². The molecule has 0 saturated carbocycles. The van der Waals surface area contributed by atoms with Crippen LogP contribution >= 0.6 is 0 Å². The second-order valence-electron chi connectivity index (χ2n) is 9.10. The van der Waals surface area contributed by atoms with Crippen molar-refractivity contribution in [1.82, 2.24) is 10.2 Å². The summed E-state index contributed by atoms with van der Waals surface area (Å²) in [5.74, 6) is -1.10. The molecule has 0 bridgehead atoms. The first-order chi connectivity index (χ1) is 18.6. The summed E-state index contributed by atoms with van der Waals surface area (Å²) in [4.78, 5) is 27.9. The van der Waals surface area contributed by atoms with Gasteiger partial charge in [-0.15, -0.1) is 0 Å². The number of methoxy groups -OCH3 is 1. The fourth-order valence-electron chi connectivity index (χ4n) is 3.90. The molecule has 2 amide bonds. The SMILES string of the molecule is CCCNC(=O)[C@H](C)N(Cc1ccccc1F)C(=O)CN(c1ccc(OC)cc1)S(=O)(=O)c1ccc(C)cc1. The van der Waals surface area contributed by atoms with E-state index >= 15 is 0 Å². The molecule has 0 aliphatic heterocycles. The highest BCUT2D eigenvalue weighted by Gasteiger charge is 2.32. The van der Waals surface area contributed by atoms with Gasteiger partial charge in [-0.1, -0.05) is 42.8 Å². The second kappa shape index (κ2) is 13.2. The average Bonchev–Trinajstić information content (AvgIpc) is 2.94. The van der Waals surface area contributed by atoms with E-state index in [1.54, 1.807) is 30.3 Å². The topological polar surface area (TPSA) is 96.0 Å². The summed E-state index contributed by atoms with van der Waals surface area (Å²) in [5.41, 5.74) is 1.32. The van der Waals surface area contributed by atoms with Gasteiger partial charge in [-0.2, -0.15) is 0 Å². The number of halogens is 1. The van der Waals surface area contributed by atoms with Gasteiger partial charge in [0.25, 0.3) is 10.0 Å². The van der Waals surface area contributed by atoms with Crippen molar-refractivity contribution in [1.29, 1.82) is 0 Å². The zero-order valence-corrected chi connectivity index (χ0v) is 23.4. The van der Waals surface area contributed by atoms with Gasteiger partial charge < -0.3 is 15.0 Å². The lowest BCUT2D eigenvalue weighted by atomic mass is 10.1. The van der Waals surface area contributed by atoms with E-state index in [2.05, 4.69) is 5.32 Å². The number of hydrogen-bond acceptors (Lipinski definition) is 5. The molecular formula is C29H34FN3O5S. The van der Waals surface area contributed by atoms with Gasteiger partial charge >= 0.3 is 0 Å². The van der Waals surface area contributed by atoms with E-state index in [9.17, 15) is 22.4 Å². The number of nitrogens with one attached hydrogen (secondary N) is 1. The lowest BCUT2D eigenvalue weighted by molar-refractivity contribution is -0.139. The number of ether oxygens (including phenoxy) is 1. The molecule has 0 unspecified atom stereocenters. The molecule has 0 radical (unpaired) electrons. The predicted octanol–water partition coefficient (Wildman–Crippen LogP) is 4.28. The summed E-state index contributed by atoms with van der Waals surface area (Å²) in [5, 5.41) is 2.75. The molecule has 8 nitrogen and oxygen atoms in total. The number of carbonyl (C=O) groups excluding carboxylic acids is 2. The smallest absolute Gasteiger partial charge is 0.264 e. The summed E-state index contributed by atoms with van der Waals surface area (Å²) in [6.07, 6.45) is 0.694. The monoisotopic (exact) mass is 555 g/mol. The van der Waals surface area contributed by atoms with Gasteiger partial charge in [0.05, 0.1) is 17.7 Å². The van der Waals surface area contributed by atoms with E-state index in [0.717, 1.165) is 9.87 Å². The summed E-state index contributed by atoms with van der Waals surface area (Å²) in [6.45, 7) is 4.86. The Labute approximate surface area is 229 Å². The van der Waals surface area contributed by atoms with Crippen LogP contribution in [0.4, 0.5) is 10.1 Å². The molecule has 0 fully saturated rings. The van der Waals surface area contributed by atoms with Crippen molar-refractivity contribution in [2.75, 3.05) is 24.5 Å². The van der Waals surface area contributed by atoms with Crippen molar-refractivity contribution in [2.24, 2.45) is 0 Å². The molecular weight excluding hydrogens is 521 g/mol. The molecule has 0 aromatic heterocycles. The second-order valence-corrected chi connectivity index (χ2v) is 11.0. The summed E-state index contributed by atoms with van der Waals surface area (Å²) < 4.78 is 48.4. The number of amides is 2. The minimum Gasteiger partial charge on any atom is -0.497 e. The maximum absolute atomic E-state index is 14.6. The number of nitrogens with zero attached hydrogens (tertiary/aromatic N) is 2. The fourth-order valence-corrected chi connectivity index (χ4v) is 5.32. The predicted molar refractivity (Wildman–Crippen MR) is 148 cm³/mol. The maximum atomic E-state index is 14.6. The van der Waals surface area contributed by atoms with Crippen LogP contribution in [0, 0.1) is 12.7 Å². The van der Waals surface area contributed by atoms with Gasteiger partial charge in [-0.25, -0.2) is 12.8 Å². The average molecular weight is 556 g/mol. The molecule has 3 aromatic carbocycles. The number of rotatable bonds is 12. The number of carbonyl (C=O) groups is 2.